The summed E-state index contributed by atoms with van der Waals surface area (Å²) in [7, 11) is 1.69. The van der Waals surface area contributed by atoms with E-state index in [9.17, 15) is 10.1 Å². The summed E-state index contributed by atoms with van der Waals surface area (Å²) in [5.41, 5.74) is 1.29. The molecule has 0 aliphatic heterocycles. The molecule has 0 spiro atoms. The minimum Gasteiger partial charge on any atom is -0.459 e. The molecule has 0 amide bonds. The van der Waals surface area contributed by atoms with E-state index in [1.807, 2.05) is 44.2 Å². The number of nitrogens with one attached hydrogen (secondary N) is 1. The predicted molar refractivity (Wildman–Crippen MR) is 87.5 cm³/mol. The number of fused-ring (bicyclic) bond motifs is 1. The average molecular weight is 314 g/mol. The van der Waals surface area contributed by atoms with Gasteiger partial charge in [-0.25, -0.2) is 4.68 Å². The molecule has 0 bridgehead atoms. The summed E-state index contributed by atoms with van der Waals surface area (Å²) in [5, 5.41) is 19.7. The van der Waals surface area contributed by atoms with Crippen LogP contribution in [-0.4, -0.2) is 14.7 Å². The topological polar surface area (TPSA) is 86.1 Å². The zero-order valence-electron chi connectivity index (χ0n) is 13.2. The smallest absolute Gasteiger partial charge is 0.333 e. The number of aryl methyl sites for hydroxylation is 2. The highest BCUT2D eigenvalue weighted by Gasteiger charge is 2.27. The molecule has 120 valence electrons. The molecule has 0 saturated carbocycles. The van der Waals surface area contributed by atoms with Crippen LogP contribution in [-0.2, 0) is 13.5 Å². The first-order chi connectivity index (χ1) is 11.0. The van der Waals surface area contributed by atoms with Gasteiger partial charge in [0.2, 0.25) is 5.82 Å². The molecule has 1 unspecified atom stereocenters. The largest absolute Gasteiger partial charge is 0.459 e. The van der Waals surface area contributed by atoms with Crippen molar-refractivity contribution < 1.29 is 9.34 Å². The van der Waals surface area contributed by atoms with Crippen molar-refractivity contribution in [3.8, 4) is 0 Å². The van der Waals surface area contributed by atoms with Crippen molar-refractivity contribution in [1.82, 2.24) is 9.78 Å². The lowest BCUT2D eigenvalue weighted by Gasteiger charge is -2.12. The number of benzene rings is 1. The van der Waals surface area contributed by atoms with Crippen molar-refractivity contribution in [3.05, 3.63) is 51.9 Å². The summed E-state index contributed by atoms with van der Waals surface area (Å²) in [4.78, 5) is 11.0. The van der Waals surface area contributed by atoms with Gasteiger partial charge in [-0.1, -0.05) is 25.1 Å². The van der Waals surface area contributed by atoms with Crippen molar-refractivity contribution in [1.29, 1.82) is 0 Å². The van der Waals surface area contributed by atoms with Crippen molar-refractivity contribution >= 4 is 22.5 Å². The third kappa shape index (κ3) is 2.65. The predicted octanol–water partition coefficient (Wildman–Crippen LogP) is 3.81. The number of aromatic nitrogens is 2. The highest BCUT2D eigenvalue weighted by atomic mass is 16.6. The molecule has 7 heteroatoms. The fourth-order valence-electron chi connectivity index (χ4n) is 2.65. The van der Waals surface area contributed by atoms with Crippen molar-refractivity contribution in [2.24, 2.45) is 7.05 Å². The second-order valence-electron chi connectivity index (χ2n) is 5.43. The summed E-state index contributed by atoms with van der Waals surface area (Å²) in [6.45, 7) is 3.75. The Morgan fingerprint density at radius 1 is 1.43 bits per heavy atom. The van der Waals surface area contributed by atoms with Gasteiger partial charge in [0.15, 0.2) is 0 Å². The van der Waals surface area contributed by atoms with Crippen LogP contribution in [0.5, 0.6) is 0 Å². The highest BCUT2D eigenvalue weighted by Crippen LogP contribution is 2.32. The number of nitrogens with zero attached hydrogens (tertiary/aromatic N) is 3. The quantitative estimate of drug-likeness (QED) is 0.571. The van der Waals surface area contributed by atoms with Crippen LogP contribution in [0.2, 0.25) is 0 Å². The third-order valence-electron chi connectivity index (χ3n) is 3.83. The SMILES string of the molecule is CCc1nn(C)c(NC(C)c2cc3ccccc3o2)c1[N+](=O)[O-]. The first-order valence-corrected chi connectivity index (χ1v) is 7.46. The normalized spacial score (nSPS) is 12.5. The minimum atomic E-state index is -0.389. The van der Waals surface area contributed by atoms with Crippen LogP contribution >= 0.6 is 0 Å². The lowest BCUT2D eigenvalue weighted by atomic mass is 10.2. The van der Waals surface area contributed by atoms with Gasteiger partial charge in [-0.05, 0) is 25.5 Å². The van der Waals surface area contributed by atoms with E-state index in [2.05, 4.69) is 10.4 Å². The lowest BCUT2D eigenvalue weighted by molar-refractivity contribution is -0.384. The number of anilines is 1. The van der Waals surface area contributed by atoms with E-state index in [4.69, 9.17) is 4.42 Å². The fourth-order valence-corrected chi connectivity index (χ4v) is 2.65. The molecule has 0 saturated heterocycles. The van der Waals surface area contributed by atoms with E-state index in [1.165, 1.54) is 4.68 Å². The van der Waals surface area contributed by atoms with Gasteiger partial charge < -0.3 is 9.73 Å². The maximum Gasteiger partial charge on any atom is 0.333 e. The summed E-state index contributed by atoms with van der Waals surface area (Å²) in [6, 6.07) is 9.44. The summed E-state index contributed by atoms with van der Waals surface area (Å²) in [6.07, 6.45) is 0.505. The number of nitro groups is 1. The van der Waals surface area contributed by atoms with Crippen LogP contribution in [0.25, 0.3) is 11.0 Å². The van der Waals surface area contributed by atoms with E-state index in [1.54, 1.807) is 7.05 Å². The van der Waals surface area contributed by atoms with Crippen LogP contribution in [0, 0.1) is 10.1 Å². The molecule has 1 atom stereocenters. The maximum absolute atomic E-state index is 11.4. The van der Waals surface area contributed by atoms with Crippen LogP contribution in [0.3, 0.4) is 0 Å². The molecule has 0 fully saturated rings. The Bertz CT molecular complexity index is 832. The molecule has 2 heterocycles. The molecule has 0 aliphatic rings. The number of para-hydroxylation sites is 1. The zero-order chi connectivity index (χ0) is 16.6. The van der Waals surface area contributed by atoms with Gasteiger partial charge in [-0.3, -0.25) is 10.1 Å². The van der Waals surface area contributed by atoms with E-state index in [0.717, 1.165) is 16.7 Å². The molecular formula is C16H18N4O3. The molecule has 0 radical (unpaired) electrons. The van der Waals surface area contributed by atoms with Crippen molar-refractivity contribution in [2.45, 2.75) is 26.3 Å². The first kappa shape index (κ1) is 15.1. The Kier molecular flexibility index (Phi) is 3.77. The monoisotopic (exact) mass is 314 g/mol. The second kappa shape index (κ2) is 5.75. The van der Waals surface area contributed by atoms with E-state index < -0.39 is 0 Å². The van der Waals surface area contributed by atoms with E-state index >= 15 is 0 Å². The summed E-state index contributed by atoms with van der Waals surface area (Å²) >= 11 is 0. The van der Waals surface area contributed by atoms with Crippen LogP contribution in [0.4, 0.5) is 11.5 Å². The van der Waals surface area contributed by atoms with Gasteiger partial charge >= 0.3 is 5.69 Å². The van der Waals surface area contributed by atoms with Gasteiger partial charge in [0.1, 0.15) is 17.0 Å². The van der Waals surface area contributed by atoms with Crippen LogP contribution in [0.15, 0.2) is 34.7 Å². The van der Waals surface area contributed by atoms with Gasteiger partial charge in [-0.15, -0.1) is 0 Å². The van der Waals surface area contributed by atoms with Crippen LogP contribution in [0.1, 0.15) is 31.3 Å². The third-order valence-corrected chi connectivity index (χ3v) is 3.83. The van der Waals surface area contributed by atoms with Gasteiger partial charge in [-0.2, -0.15) is 5.10 Å². The number of hydrogen-bond acceptors (Lipinski definition) is 5. The molecule has 3 aromatic rings. The Morgan fingerprint density at radius 2 is 2.17 bits per heavy atom. The molecule has 0 aliphatic carbocycles. The molecule has 23 heavy (non-hydrogen) atoms. The summed E-state index contributed by atoms with van der Waals surface area (Å²) in [5.74, 6) is 1.11. The first-order valence-electron chi connectivity index (χ1n) is 7.46. The summed E-state index contributed by atoms with van der Waals surface area (Å²) < 4.78 is 7.32. The molecule has 3 rings (SSSR count). The Morgan fingerprint density at radius 3 is 2.83 bits per heavy atom. The molecule has 2 aromatic heterocycles. The standard InChI is InChI=1S/C16H18N4O3/c1-4-12-15(20(21)22)16(19(3)18-12)17-10(2)14-9-11-7-5-6-8-13(11)23-14/h5-10,17H,4H2,1-3H3. The zero-order valence-corrected chi connectivity index (χ0v) is 13.2. The molecule has 1 N–H and O–H groups in total. The Labute approximate surface area is 133 Å². The number of furan rings is 1. The Hall–Kier alpha value is -2.83. The second-order valence-corrected chi connectivity index (χ2v) is 5.43. The van der Waals surface area contributed by atoms with Gasteiger partial charge in [0.05, 0.1) is 11.0 Å². The minimum absolute atomic E-state index is 0.0259. The van der Waals surface area contributed by atoms with Gasteiger partial charge in [0, 0.05) is 12.4 Å². The molecular weight excluding hydrogens is 296 g/mol. The fraction of sp³-hybridized carbons (Fsp3) is 0.312. The van der Waals surface area contributed by atoms with E-state index in [-0.39, 0.29) is 16.7 Å². The van der Waals surface area contributed by atoms with Crippen LogP contribution < -0.4 is 5.32 Å². The van der Waals surface area contributed by atoms with Crippen molar-refractivity contribution in [3.63, 3.8) is 0 Å². The highest BCUT2D eigenvalue weighted by molar-refractivity contribution is 5.78. The van der Waals surface area contributed by atoms with Gasteiger partial charge in [0.25, 0.3) is 0 Å². The number of hydrogen-bond donors (Lipinski definition) is 1. The average Bonchev–Trinajstić information content (AvgIpc) is 3.08. The molecule has 1 aromatic carbocycles. The number of rotatable bonds is 5. The van der Waals surface area contributed by atoms with E-state index in [0.29, 0.717) is 17.9 Å². The molecule has 7 nitrogen and oxygen atoms in total. The van der Waals surface area contributed by atoms with Crippen molar-refractivity contribution in [2.75, 3.05) is 5.32 Å². The maximum atomic E-state index is 11.4. The lowest BCUT2D eigenvalue weighted by Crippen LogP contribution is -2.10. The Balaban J connectivity index is 1.95.